The molecule has 0 saturated heterocycles. The molecule has 0 aliphatic heterocycles. The number of anilines is 2. The summed E-state index contributed by atoms with van der Waals surface area (Å²) in [5, 5.41) is 12.9. The van der Waals surface area contributed by atoms with Crippen LogP contribution in [-0.2, 0) is 11.8 Å². The highest BCUT2D eigenvalue weighted by Gasteiger charge is 2.16. The number of aromatic carboxylic acids is 1. The van der Waals surface area contributed by atoms with Gasteiger partial charge in [-0.2, -0.15) is 5.10 Å². The van der Waals surface area contributed by atoms with Crippen molar-refractivity contribution in [3.8, 4) is 0 Å². The SMILES string of the molecule is CC(=O)N(c1ccc(C(=O)O)cc1)c1cnn(C)c1. The number of carbonyl (C=O) groups excluding carboxylic acids is 1. The smallest absolute Gasteiger partial charge is 0.335 e. The number of carbonyl (C=O) groups is 2. The Hall–Kier alpha value is -2.63. The second-order valence-corrected chi connectivity index (χ2v) is 4.08. The van der Waals surface area contributed by atoms with E-state index in [1.807, 2.05) is 0 Å². The van der Waals surface area contributed by atoms with Crippen molar-refractivity contribution in [1.29, 1.82) is 0 Å². The van der Waals surface area contributed by atoms with Crippen molar-refractivity contribution >= 4 is 23.3 Å². The first-order valence-electron chi connectivity index (χ1n) is 5.62. The lowest BCUT2D eigenvalue weighted by molar-refractivity contribution is -0.115. The Morgan fingerprint density at radius 2 is 1.84 bits per heavy atom. The van der Waals surface area contributed by atoms with Gasteiger partial charge in [0, 0.05) is 25.9 Å². The number of carboxylic acid groups (broad SMARTS) is 1. The Labute approximate surface area is 109 Å². The van der Waals surface area contributed by atoms with E-state index in [-0.39, 0.29) is 11.5 Å². The maximum Gasteiger partial charge on any atom is 0.335 e. The molecule has 2 aromatic rings. The fraction of sp³-hybridized carbons (Fsp3) is 0.154. The Kier molecular flexibility index (Phi) is 3.33. The first-order valence-corrected chi connectivity index (χ1v) is 5.62. The van der Waals surface area contributed by atoms with Crippen LogP contribution >= 0.6 is 0 Å². The first-order chi connectivity index (χ1) is 8.99. The van der Waals surface area contributed by atoms with Crippen LogP contribution in [-0.4, -0.2) is 26.8 Å². The predicted molar refractivity (Wildman–Crippen MR) is 69.4 cm³/mol. The molecule has 2 rings (SSSR count). The van der Waals surface area contributed by atoms with Gasteiger partial charge < -0.3 is 5.11 Å². The fourth-order valence-electron chi connectivity index (χ4n) is 1.79. The molecule has 98 valence electrons. The van der Waals surface area contributed by atoms with Crippen LogP contribution in [0.1, 0.15) is 17.3 Å². The fourth-order valence-corrected chi connectivity index (χ4v) is 1.79. The van der Waals surface area contributed by atoms with Crippen LogP contribution in [0.3, 0.4) is 0 Å². The molecule has 0 atom stereocenters. The van der Waals surface area contributed by atoms with E-state index in [1.54, 1.807) is 36.3 Å². The molecule has 0 bridgehead atoms. The second kappa shape index (κ2) is 4.93. The van der Waals surface area contributed by atoms with Crippen molar-refractivity contribution in [2.24, 2.45) is 7.05 Å². The Bertz CT molecular complexity index is 616. The van der Waals surface area contributed by atoms with Gasteiger partial charge in [0.1, 0.15) is 0 Å². The molecule has 1 amide bonds. The van der Waals surface area contributed by atoms with Crippen LogP contribution in [0.25, 0.3) is 0 Å². The summed E-state index contributed by atoms with van der Waals surface area (Å²) in [7, 11) is 1.76. The van der Waals surface area contributed by atoms with Crippen LogP contribution in [0.5, 0.6) is 0 Å². The lowest BCUT2D eigenvalue weighted by Gasteiger charge is -2.19. The van der Waals surface area contributed by atoms with E-state index in [2.05, 4.69) is 5.10 Å². The van der Waals surface area contributed by atoms with Crippen molar-refractivity contribution in [3.63, 3.8) is 0 Å². The van der Waals surface area contributed by atoms with Crippen molar-refractivity contribution in [2.45, 2.75) is 6.92 Å². The number of aromatic nitrogens is 2. The molecule has 0 aliphatic carbocycles. The van der Waals surface area contributed by atoms with E-state index in [0.717, 1.165) is 0 Å². The van der Waals surface area contributed by atoms with Crippen LogP contribution in [0.4, 0.5) is 11.4 Å². The van der Waals surface area contributed by atoms with Gasteiger partial charge in [0.2, 0.25) is 5.91 Å². The topological polar surface area (TPSA) is 75.4 Å². The molecule has 1 aromatic carbocycles. The Balaban J connectivity index is 2.40. The number of amides is 1. The summed E-state index contributed by atoms with van der Waals surface area (Å²) in [6.45, 7) is 1.44. The van der Waals surface area contributed by atoms with Gasteiger partial charge in [-0.05, 0) is 24.3 Å². The molecule has 6 heteroatoms. The number of hydrogen-bond donors (Lipinski definition) is 1. The minimum atomic E-state index is -0.998. The molecule has 0 aliphatic rings. The number of nitrogens with zero attached hydrogens (tertiary/aromatic N) is 3. The summed E-state index contributed by atoms with van der Waals surface area (Å²) in [4.78, 5) is 24.0. The van der Waals surface area contributed by atoms with Gasteiger partial charge >= 0.3 is 5.97 Å². The normalized spacial score (nSPS) is 10.2. The van der Waals surface area contributed by atoms with Gasteiger partial charge in [0.15, 0.2) is 0 Å². The van der Waals surface area contributed by atoms with Gasteiger partial charge in [-0.25, -0.2) is 4.79 Å². The van der Waals surface area contributed by atoms with Crippen LogP contribution < -0.4 is 4.90 Å². The number of benzene rings is 1. The van der Waals surface area contributed by atoms with E-state index in [1.165, 1.54) is 24.0 Å². The molecule has 1 N–H and O–H groups in total. The van der Waals surface area contributed by atoms with Crippen molar-refractivity contribution in [1.82, 2.24) is 9.78 Å². The molecular formula is C13H13N3O3. The minimum Gasteiger partial charge on any atom is -0.478 e. The van der Waals surface area contributed by atoms with Gasteiger partial charge in [-0.1, -0.05) is 0 Å². The van der Waals surface area contributed by atoms with E-state index in [0.29, 0.717) is 11.4 Å². The summed E-state index contributed by atoms with van der Waals surface area (Å²) in [6.07, 6.45) is 3.29. The second-order valence-electron chi connectivity index (χ2n) is 4.08. The summed E-state index contributed by atoms with van der Waals surface area (Å²) in [6, 6.07) is 6.11. The molecule has 19 heavy (non-hydrogen) atoms. The van der Waals surface area contributed by atoms with Crippen molar-refractivity contribution in [2.75, 3.05) is 4.90 Å². The largest absolute Gasteiger partial charge is 0.478 e. The molecule has 0 spiro atoms. The van der Waals surface area contributed by atoms with E-state index < -0.39 is 5.97 Å². The monoisotopic (exact) mass is 259 g/mol. The van der Waals surface area contributed by atoms with Crippen molar-refractivity contribution in [3.05, 3.63) is 42.2 Å². The summed E-state index contributed by atoms with van der Waals surface area (Å²) in [5.74, 6) is -1.17. The molecule has 0 radical (unpaired) electrons. The summed E-state index contributed by atoms with van der Waals surface area (Å²) >= 11 is 0. The van der Waals surface area contributed by atoms with Crippen LogP contribution in [0.2, 0.25) is 0 Å². The van der Waals surface area contributed by atoms with Crippen LogP contribution in [0, 0.1) is 0 Å². The maximum absolute atomic E-state index is 11.7. The minimum absolute atomic E-state index is 0.170. The highest BCUT2D eigenvalue weighted by molar-refractivity contribution is 5.99. The van der Waals surface area contributed by atoms with E-state index in [4.69, 9.17) is 5.11 Å². The third kappa shape index (κ3) is 2.62. The zero-order valence-corrected chi connectivity index (χ0v) is 10.6. The predicted octanol–water partition coefficient (Wildman–Crippen LogP) is 1.80. The number of rotatable bonds is 3. The zero-order valence-electron chi connectivity index (χ0n) is 10.6. The first kappa shape index (κ1) is 12.8. The van der Waals surface area contributed by atoms with Crippen molar-refractivity contribution < 1.29 is 14.7 Å². The van der Waals surface area contributed by atoms with E-state index in [9.17, 15) is 9.59 Å². The highest BCUT2D eigenvalue weighted by atomic mass is 16.4. The average Bonchev–Trinajstić information content (AvgIpc) is 2.76. The molecule has 6 nitrogen and oxygen atoms in total. The maximum atomic E-state index is 11.7. The quantitative estimate of drug-likeness (QED) is 0.912. The zero-order chi connectivity index (χ0) is 14.0. The average molecular weight is 259 g/mol. The lowest BCUT2D eigenvalue weighted by Crippen LogP contribution is -2.22. The molecule has 0 saturated carbocycles. The van der Waals surface area contributed by atoms with Gasteiger partial charge in [0.25, 0.3) is 0 Å². The van der Waals surface area contributed by atoms with Gasteiger partial charge in [-0.15, -0.1) is 0 Å². The Morgan fingerprint density at radius 1 is 1.21 bits per heavy atom. The number of aryl methyl sites for hydroxylation is 1. The van der Waals surface area contributed by atoms with Gasteiger partial charge in [-0.3, -0.25) is 14.4 Å². The molecular weight excluding hydrogens is 246 g/mol. The standard InChI is InChI=1S/C13H13N3O3/c1-9(17)16(12-7-14-15(2)8-12)11-5-3-10(4-6-11)13(18)19/h3-8H,1-2H3,(H,18,19). The number of carboxylic acids is 1. The summed E-state index contributed by atoms with van der Waals surface area (Å²) < 4.78 is 1.59. The lowest BCUT2D eigenvalue weighted by atomic mass is 10.2. The third-order valence-electron chi connectivity index (χ3n) is 2.64. The Morgan fingerprint density at radius 3 is 2.26 bits per heavy atom. The molecule has 1 heterocycles. The summed E-state index contributed by atoms with van der Waals surface area (Å²) in [5.41, 5.74) is 1.42. The molecule has 0 unspecified atom stereocenters. The molecule has 1 aromatic heterocycles. The molecule has 0 fully saturated rings. The highest BCUT2D eigenvalue weighted by Crippen LogP contribution is 2.25. The van der Waals surface area contributed by atoms with Crippen LogP contribution in [0.15, 0.2) is 36.7 Å². The third-order valence-corrected chi connectivity index (χ3v) is 2.64. The number of hydrogen-bond acceptors (Lipinski definition) is 3. The van der Waals surface area contributed by atoms with Gasteiger partial charge in [0.05, 0.1) is 17.4 Å². The van der Waals surface area contributed by atoms with E-state index >= 15 is 0 Å².